The quantitative estimate of drug-likeness (QED) is 0.855. The van der Waals surface area contributed by atoms with Crippen LogP contribution in [-0.2, 0) is 0 Å². The van der Waals surface area contributed by atoms with Crippen LogP contribution in [0.15, 0.2) is 18.2 Å². The van der Waals surface area contributed by atoms with Crippen LogP contribution in [0.2, 0.25) is 5.02 Å². The minimum Gasteiger partial charge on any atom is -0.378 e. The van der Waals surface area contributed by atoms with E-state index in [1.54, 1.807) is 12.1 Å². The fraction of sp³-hybridized carbons (Fsp3) is 0.500. The van der Waals surface area contributed by atoms with Gasteiger partial charge < -0.3 is 11.1 Å². The fourth-order valence-corrected chi connectivity index (χ4v) is 2.55. The van der Waals surface area contributed by atoms with Gasteiger partial charge >= 0.3 is 0 Å². The Hall–Kier alpha value is -0.800. The maximum Gasteiger partial charge on any atom is 0.147 e. The molecule has 1 aromatic rings. The Morgan fingerprint density at radius 3 is 2.94 bits per heavy atom. The SMILES string of the molecule is NCC1CCCC1Nc1c(F)cccc1Cl. The largest absolute Gasteiger partial charge is 0.378 e. The lowest BCUT2D eigenvalue weighted by molar-refractivity contribution is 0.513. The molecule has 2 nitrogen and oxygen atoms in total. The second kappa shape index (κ2) is 5.02. The molecule has 3 N–H and O–H groups in total. The van der Waals surface area contributed by atoms with E-state index in [2.05, 4.69) is 5.32 Å². The number of nitrogens with one attached hydrogen (secondary N) is 1. The zero-order valence-electron chi connectivity index (χ0n) is 9.05. The van der Waals surface area contributed by atoms with E-state index in [1.165, 1.54) is 6.07 Å². The number of nitrogens with two attached hydrogens (primary N) is 1. The number of halogens is 2. The van der Waals surface area contributed by atoms with Crippen molar-refractivity contribution in [2.45, 2.75) is 25.3 Å². The highest BCUT2D eigenvalue weighted by molar-refractivity contribution is 6.33. The van der Waals surface area contributed by atoms with Crippen molar-refractivity contribution in [1.29, 1.82) is 0 Å². The standard InChI is InChI=1S/C12H16ClFN2/c13-9-4-2-5-10(14)12(9)16-11-6-1-3-8(11)7-15/h2,4-5,8,11,16H,1,3,6-7,15H2. The Labute approximate surface area is 100.0 Å². The maximum absolute atomic E-state index is 13.6. The van der Waals surface area contributed by atoms with Crippen LogP contribution in [0.3, 0.4) is 0 Å². The van der Waals surface area contributed by atoms with E-state index in [0.717, 1.165) is 19.3 Å². The van der Waals surface area contributed by atoms with E-state index in [4.69, 9.17) is 17.3 Å². The van der Waals surface area contributed by atoms with Crippen molar-refractivity contribution in [3.8, 4) is 0 Å². The lowest BCUT2D eigenvalue weighted by atomic mass is 10.0. The summed E-state index contributed by atoms with van der Waals surface area (Å²) in [5.74, 6) is 0.130. The lowest BCUT2D eigenvalue weighted by Crippen LogP contribution is -2.29. The molecule has 2 unspecified atom stereocenters. The van der Waals surface area contributed by atoms with Crippen molar-refractivity contribution >= 4 is 17.3 Å². The van der Waals surface area contributed by atoms with Crippen LogP contribution < -0.4 is 11.1 Å². The smallest absolute Gasteiger partial charge is 0.147 e. The minimum absolute atomic E-state index is 0.249. The van der Waals surface area contributed by atoms with E-state index < -0.39 is 0 Å². The molecule has 2 atom stereocenters. The van der Waals surface area contributed by atoms with Crippen LogP contribution in [0.4, 0.5) is 10.1 Å². The lowest BCUT2D eigenvalue weighted by Gasteiger charge is -2.21. The summed E-state index contributed by atoms with van der Waals surface area (Å²) in [5, 5.41) is 3.62. The second-order valence-corrected chi connectivity index (χ2v) is 4.68. The highest BCUT2D eigenvalue weighted by atomic mass is 35.5. The molecule has 1 aliphatic rings. The highest BCUT2D eigenvalue weighted by Gasteiger charge is 2.26. The summed E-state index contributed by atoms with van der Waals surface area (Å²) < 4.78 is 13.6. The zero-order chi connectivity index (χ0) is 11.5. The van der Waals surface area contributed by atoms with Gasteiger partial charge in [0.2, 0.25) is 0 Å². The number of anilines is 1. The van der Waals surface area contributed by atoms with E-state index in [-0.39, 0.29) is 11.9 Å². The Kier molecular flexibility index (Phi) is 3.66. The Bertz CT molecular complexity index is 350. The van der Waals surface area contributed by atoms with Crippen molar-refractivity contribution in [1.82, 2.24) is 0 Å². The minimum atomic E-state index is -0.296. The molecule has 88 valence electrons. The van der Waals surface area contributed by atoms with Crippen LogP contribution >= 0.6 is 11.6 Å². The molecule has 16 heavy (non-hydrogen) atoms. The first-order valence-electron chi connectivity index (χ1n) is 5.63. The molecular formula is C12H16ClFN2. The third-order valence-electron chi connectivity index (χ3n) is 3.25. The summed E-state index contributed by atoms with van der Waals surface area (Å²) >= 11 is 5.97. The Balaban J connectivity index is 2.14. The molecule has 0 radical (unpaired) electrons. The van der Waals surface area contributed by atoms with Gasteiger partial charge in [-0.25, -0.2) is 4.39 Å². The van der Waals surface area contributed by atoms with Gasteiger partial charge in [-0.1, -0.05) is 24.1 Å². The Morgan fingerprint density at radius 1 is 1.44 bits per heavy atom. The van der Waals surface area contributed by atoms with Gasteiger partial charge in [-0.05, 0) is 37.4 Å². The van der Waals surface area contributed by atoms with Crippen molar-refractivity contribution in [2.75, 3.05) is 11.9 Å². The summed E-state index contributed by atoms with van der Waals surface area (Å²) in [7, 11) is 0. The average Bonchev–Trinajstić information content (AvgIpc) is 2.71. The van der Waals surface area contributed by atoms with Crippen molar-refractivity contribution < 1.29 is 4.39 Å². The second-order valence-electron chi connectivity index (χ2n) is 4.27. The van der Waals surface area contributed by atoms with E-state index in [0.29, 0.717) is 23.2 Å². The van der Waals surface area contributed by atoms with Crippen LogP contribution in [-0.4, -0.2) is 12.6 Å². The topological polar surface area (TPSA) is 38.0 Å². The molecule has 0 saturated heterocycles. The third-order valence-corrected chi connectivity index (χ3v) is 3.57. The number of benzene rings is 1. The highest BCUT2D eigenvalue weighted by Crippen LogP contribution is 2.31. The summed E-state index contributed by atoms with van der Waals surface area (Å²) in [6, 6.07) is 4.97. The van der Waals surface area contributed by atoms with Crippen LogP contribution in [0, 0.1) is 11.7 Å². The third kappa shape index (κ3) is 2.30. The first kappa shape index (κ1) is 11.7. The van der Waals surface area contributed by atoms with E-state index in [9.17, 15) is 4.39 Å². The first-order chi connectivity index (χ1) is 7.72. The molecule has 1 aromatic carbocycles. The van der Waals surface area contributed by atoms with Gasteiger partial charge in [0.05, 0.1) is 10.7 Å². The van der Waals surface area contributed by atoms with Gasteiger partial charge in [0, 0.05) is 6.04 Å². The fourth-order valence-electron chi connectivity index (χ4n) is 2.33. The van der Waals surface area contributed by atoms with Crippen molar-refractivity contribution in [3.05, 3.63) is 29.0 Å². The molecule has 1 aliphatic carbocycles. The monoisotopic (exact) mass is 242 g/mol. The van der Waals surface area contributed by atoms with Gasteiger partial charge in [-0.15, -0.1) is 0 Å². The molecule has 2 rings (SSSR count). The molecule has 0 bridgehead atoms. The van der Waals surface area contributed by atoms with Crippen LogP contribution in [0.5, 0.6) is 0 Å². The molecule has 0 spiro atoms. The van der Waals surface area contributed by atoms with Gasteiger partial charge in [0.25, 0.3) is 0 Å². The molecule has 0 amide bonds. The summed E-state index contributed by atoms with van der Waals surface area (Å²) in [4.78, 5) is 0. The van der Waals surface area contributed by atoms with E-state index in [1.807, 2.05) is 0 Å². The normalized spacial score (nSPS) is 24.7. The molecule has 1 fully saturated rings. The van der Waals surface area contributed by atoms with Crippen LogP contribution in [0.25, 0.3) is 0 Å². The van der Waals surface area contributed by atoms with Gasteiger partial charge in [-0.2, -0.15) is 0 Å². The van der Waals surface area contributed by atoms with Gasteiger partial charge in [0.1, 0.15) is 5.82 Å². The predicted octanol–water partition coefficient (Wildman–Crippen LogP) is 3.02. The number of para-hydroxylation sites is 1. The molecule has 1 saturated carbocycles. The molecule has 4 heteroatoms. The average molecular weight is 243 g/mol. The predicted molar refractivity (Wildman–Crippen MR) is 65.2 cm³/mol. The van der Waals surface area contributed by atoms with Gasteiger partial charge in [0.15, 0.2) is 0 Å². The summed E-state index contributed by atoms with van der Waals surface area (Å²) in [6.45, 7) is 0.643. The summed E-state index contributed by atoms with van der Waals surface area (Å²) in [5.41, 5.74) is 6.10. The van der Waals surface area contributed by atoms with Crippen molar-refractivity contribution in [3.63, 3.8) is 0 Å². The first-order valence-corrected chi connectivity index (χ1v) is 6.00. The summed E-state index contributed by atoms with van der Waals surface area (Å²) in [6.07, 6.45) is 3.29. The zero-order valence-corrected chi connectivity index (χ0v) is 9.80. The van der Waals surface area contributed by atoms with Crippen LogP contribution in [0.1, 0.15) is 19.3 Å². The maximum atomic E-state index is 13.6. The molecule has 0 aromatic heterocycles. The molecule has 0 aliphatic heterocycles. The number of hydrogen-bond acceptors (Lipinski definition) is 2. The van der Waals surface area contributed by atoms with Crippen molar-refractivity contribution in [2.24, 2.45) is 11.7 Å². The van der Waals surface area contributed by atoms with E-state index >= 15 is 0 Å². The molecule has 0 heterocycles. The number of rotatable bonds is 3. The van der Waals surface area contributed by atoms with Gasteiger partial charge in [-0.3, -0.25) is 0 Å². The molecular weight excluding hydrogens is 227 g/mol. The number of hydrogen-bond donors (Lipinski definition) is 2. The Morgan fingerprint density at radius 2 is 2.25 bits per heavy atom.